The monoisotopic (exact) mass is 285 g/mol. The highest BCUT2D eigenvalue weighted by Gasteiger charge is 2.42. The molecule has 0 saturated carbocycles. The average Bonchev–Trinajstić information content (AvgIpc) is 2.40. The summed E-state index contributed by atoms with van der Waals surface area (Å²) in [4.78, 5) is 3.86. The third-order valence-electron chi connectivity index (χ3n) is 4.29. The van der Waals surface area contributed by atoms with Gasteiger partial charge in [0.25, 0.3) is 0 Å². The molecule has 0 aliphatic heterocycles. The number of para-hydroxylation sites is 1. The van der Waals surface area contributed by atoms with Gasteiger partial charge in [0.1, 0.15) is 7.75 Å². The van der Waals surface area contributed by atoms with Gasteiger partial charge in [-0.2, -0.15) is 0 Å². The summed E-state index contributed by atoms with van der Waals surface area (Å²) in [5.74, 6) is 0. The van der Waals surface area contributed by atoms with Gasteiger partial charge in [-0.25, -0.2) is 0 Å². The minimum absolute atomic E-state index is 1.26. The highest BCUT2D eigenvalue weighted by atomic mass is 29.3. The molecule has 0 aromatic heterocycles. The minimum Gasteiger partial charge on any atom is -0.412 e. The highest BCUT2D eigenvalue weighted by molar-refractivity contribution is 7.46. The van der Waals surface area contributed by atoms with E-state index in [1.807, 2.05) is 0 Å². The van der Waals surface area contributed by atoms with Gasteiger partial charge < -0.3 is 4.98 Å². The lowest BCUT2D eigenvalue weighted by Crippen LogP contribution is -2.67. The number of hydrogen-bond acceptors (Lipinski definition) is 1. The Bertz CT molecular complexity index is 521. The fourth-order valence-corrected chi connectivity index (χ4v) is 9.24. The van der Waals surface area contributed by atoms with Crippen LogP contribution in [0.1, 0.15) is 0 Å². The van der Waals surface area contributed by atoms with Crippen LogP contribution in [0.2, 0.25) is 26.2 Å². The molecule has 0 unspecified atom stereocenters. The smallest absolute Gasteiger partial charge is 0.141 e. The van der Waals surface area contributed by atoms with E-state index in [0.29, 0.717) is 0 Å². The summed E-state index contributed by atoms with van der Waals surface area (Å²) < 4.78 is 0. The van der Waals surface area contributed by atoms with Crippen molar-refractivity contribution in [1.29, 1.82) is 0 Å². The van der Waals surface area contributed by atoms with E-state index in [4.69, 9.17) is 0 Å². The zero-order chi connectivity index (χ0) is 13.9. The van der Waals surface area contributed by atoms with Crippen LogP contribution >= 0.6 is 0 Å². The first-order valence-corrected chi connectivity index (χ1v) is 13.8. The molecule has 2 aromatic rings. The Balaban J connectivity index is 2.28. The van der Waals surface area contributed by atoms with Gasteiger partial charge in [0.2, 0.25) is 0 Å². The Morgan fingerprint density at radius 3 is 1.68 bits per heavy atom. The summed E-state index contributed by atoms with van der Waals surface area (Å²) in [6.45, 7) is 9.90. The molecule has 0 spiro atoms. The van der Waals surface area contributed by atoms with E-state index in [0.717, 1.165) is 0 Å². The summed E-state index contributed by atoms with van der Waals surface area (Å²) in [5.41, 5.74) is 1.26. The quantitative estimate of drug-likeness (QED) is 0.837. The van der Waals surface area contributed by atoms with E-state index in [9.17, 15) is 0 Å². The molecule has 1 nitrogen and oxygen atoms in total. The Labute approximate surface area is 118 Å². The summed E-state index contributed by atoms with van der Waals surface area (Å²) >= 11 is 0. The topological polar surface area (TPSA) is 12.0 Å². The predicted octanol–water partition coefficient (Wildman–Crippen LogP) is 4.00. The van der Waals surface area contributed by atoms with Crippen LogP contribution in [0.4, 0.5) is 5.69 Å². The molecule has 1 N–H and O–H groups in total. The second-order valence-corrected chi connectivity index (χ2v) is 20.9. The molecule has 0 heterocycles. The van der Waals surface area contributed by atoms with Crippen LogP contribution in [-0.2, 0) is 0 Å². The summed E-state index contributed by atoms with van der Waals surface area (Å²) in [5, 5.41) is 1.55. The zero-order valence-corrected chi connectivity index (χ0v) is 14.3. The molecule has 19 heavy (non-hydrogen) atoms. The van der Waals surface area contributed by atoms with E-state index in [-0.39, 0.29) is 0 Å². The fraction of sp³-hybridized carbons (Fsp3) is 0.250. The third kappa shape index (κ3) is 2.99. The molecule has 0 radical (unpaired) electrons. The molecule has 3 heteroatoms. The minimum atomic E-state index is -1.52. The standard InChI is InChI=1S/C16H23NSi2/c1-18(2,16-13-9-6-10-14-16)19(3,4)17-15-11-7-5-8-12-15/h5-14,17H,1-4H3. The molecule has 0 aliphatic carbocycles. The van der Waals surface area contributed by atoms with Crippen molar-refractivity contribution in [3.05, 3.63) is 60.7 Å². The normalized spacial score (nSPS) is 12.2. The molecule has 0 saturated heterocycles. The van der Waals surface area contributed by atoms with Crippen LogP contribution in [0.3, 0.4) is 0 Å². The highest BCUT2D eigenvalue weighted by Crippen LogP contribution is 2.21. The Hall–Kier alpha value is -1.33. The van der Waals surface area contributed by atoms with Crippen molar-refractivity contribution in [2.45, 2.75) is 26.2 Å². The Kier molecular flexibility index (Phi) is 3.97. The lowest BCUT2D eigenvalue weighted by atomic mass is 10.3. The van der Waals surface area contributed by atoms with Crippen molar-refractivity contribution in [2.75, 3.05) is 4.98 Å². The molecule has 0 bridgehead atoms. The largest absolute Gasteiger partial charge is 0.412 e. The Morgan fingerprint density at radius 2 is 1.16 bits per heavy atom. The molecular formula is C16H23NSi2. The van der Waals surface area contributed by atoms with Crippen LogP contribution in [0.5, 0.6) is 0 Å². The first-order chi connectivity index (χ1) is 8.93. The lowest BCUT2D eigenvalue weighted by molar-refractivity contribution is 1.60. The van der Waals surface area contributed by atoms with E-state index in [1.165, 1.54) is 5.69 Å². The molecule has 2 rings (SSSR count). The van der Waals surface area contributed by atoms with E-state index < -0.39 is 15.3 Å². The van der Waals surface area contributed by atoms with Gasteiger partial charge in [-0.15, -0.1) is 0 Å². The van der Waals surface area contributed by atoms with Crippen molar-refractivity contribution in [2.24, 2.45) is 0 Å². The van der Waals surface area contributed by atoms with Crippen LogP contribution in [0.15, 0.2) is 60.7 Å². The van der Waals surface area contributed by atoms with Crippen molar-refractivity contribution >= 4 is 26.2 Å². The molecule has 100 valence electrons. The molecular weight excluding hydrogens is 262 g/mol. The number of rotatable bonds is 4. The number of hydrogen-bond donors (Lipinski definition) is 1. The third-order valence-corrected chi connectivity index (χ3v) is 20.7. The van der Waals surface area contributed by atoms with E-state index in [1.54, 1.807) is 5.19 Å². The molecule has 0 aliphatic rings. The average molecular weight is 286 g/mol. The summed E-state index contributed by atoms with van der Waals surface area (Å²) in [6.07, 6.45) is 0. The van der Waals surface area contributed by atoms with Crippen LogP contribution in [-0.4, -0.2) is 15.3 Å². The SMILES string of the molecule is C[Si](C)(Nc1ccccc1)[Si](C)(C)c1ccccc1. The van der Waals surface area contributed by atoms with Crippen molar-refractivity contribution in [3.8, 4) is 0 Å². The van der Waals surface area contributed by atoms with E-state index in [2.05, 4.69) is 91.8 Å². The maximum absolute atomic E-state index is 3.86. The van der Waals surface area contributed by atoms with Gasteiger partial charge >= 0.3 is 0 Å². The second kappa shape index (κ2) is 5.35. The van der Waals surface area contributed by atoms with Gasteiger partial charge in [0.05, 0.1) is 7.59 Å². The van der Waals surface area contributed by atoms with Gasteiger partial charge in [-0.3, -0.25) is 0 Å². The maximum atomic E-state index is 3.86. The Morgan fingerprint density at radius 1 is 0.684 bits per heavy atom. The number of nitrogens with one attached hydrogen (secondary N) is 1. The van der Waals surface area contributed by atoms with E-state index >= 15 is 0 Å². The molecule has 0 atom stereocenters. The zero-order valence-electron chi connectivity index (χ0n) is 12.3. The number of anilines is 1. The second-order valence-electron chi connectivity index (χ2n) is 6.11. The van der Waals surface area contributed by atoms with Crippen molar-refractivity contribution in [3.63, 3.8) is 0 Å². The summed E-state index contributed by atoms with van der Waals surface area (Å²) in [7, 11) is -2.99. The van der Waals surface area contributed by atoms with Crippen molar-refractivity contribution in [1.82, 2.24) is 0 Å². The van der Waals surface area contributed by atoms with Gasteiger partial charge in [-0.05, 0) is 12.1 Å². The van der Waals surface area contributed by atoms with Gasteiger partial charge in [-0.1, -0.05) is 79.9 Å². The first kappa shape index (κ1) is 14.1. The van der Waals surface area contributed by atoms with Crippen LogP contribution < -0.4 is 10.2 Å². The van der Waals surface area contributed by atoms with Crippen LogP contribution in [0, 0.1) is 0 Å². The first-order valence-electron chi connectivity index (χ1n) is 6.82. The molecule has 2 aromatic carbocycles. The molecule has 0 amide bonds. The van der Waals surface area contributed by atoms with Crippen molar-refractivity contribution < 1.29 is 0 Å². The maximum Gasteiger partial charge on any atom is 0.141 e. The fourth-order valence-electron chi connectivity index (χ4n) is 2.25. The van der Waals surface area contributed by atoms with Gasteiger partial charge in [0, 0.05) is 5.69 Å². The summed E-state index contributed by atoms with van der Waals surface area (Å²) in [6, 6.07) is 21.6. The van der Waals surface area contributed by atoms with Gasteiger partial charge in [0.15, 0.2) is 0 Å². The number of benzene rings is 2. The molecule has 0 fully saturated rings. The lowest BCUT2D eigenvalue weighted by Gasteiger charge is -2.39. The predicted molar refractivity (Wildman–Crippen MR) is 91.1 cm³/mol. The van der Waals surface area contributed by atoms with Crippen LogP contribution in [0.25, 0.3) is 0 Å².